The second kappa shape index (κ2) is 6.75. The van der Waals surface area contributed by atoms with Crippen LogP contribution in [0.1, 0.15) is 23.1 Å². The average Bonchev–Trinajstić information content (AvgIpc) is 3.11. The molecule has 0 N–H and O–H groups in total. The SMILES string of the molecule is COc1ccc(OCc2cc(=O)oc3cc4c(cc23)CCC4)c([N+](=O)[O-])c1. The Labute approximate surface area is 154 Å². The molecule has 2 aromatic carbocycles. The Kier molecular flexibility index (Phi) is 4.27. The number of aryl methyl sites for hydroxylation is 2. The van der Waals surface area contributed by atoms with Crippen molar-refractivity contribution in [2.45, 2.75) is 25.9 Å². The molecule has 7 nitrogen and oxygen atoms in total. The van der Waals surface area contributed by atoms with E-state index >= 15 is 0 Å². The summed E-state index contributed by atoms with van der Waals surface area (Å²) in [7, 11) is 1.44. The van der Waals surface area contributed by atoms with Crippen LogP contribution >= 0.6 is 0 Å². The number of methoxy groups -OCH3 is 1. The minimum absolute atomic E-state index is 0.0219. The number of ether oxygens (including phenoxy) is 2. The highest BCUT2D eigenvalue weighted by atomic mass is 16.6. The molecule has 4 rings (SSSR count). The molecule has 0 bridgehead atoms. The van der Waals surface area contributed by atoms with E-state index in [-0.39, 0.29) is 18.0 Å². The quantitative estimate of drug-likeness (QED) is 0.387. The molecule has 0 radical (unpaired) electrons. The van der Waals surface area contributed by atoms with E-state index in [1.165, 1.54) is 36.4 Å². The number of benzene rings is 2. The van der Waals surface area contributed by atoms with Gasteiger partial charge in [0.15, 0.2) is 5.75 Å². The maximum atomic E-state index is 11.9. The summed E-state index contributed by atoms with van der Waals surface area (Å²) in [4.78, 5) is 22.7. The number of fused-ring (bicyclic) bond motifs is 2. The summed E-state index contributed by atoms with van der Waals surface area (Å²) in [5, 5.41) is 12.1. The number of rotatable bonds is 5. The first-order valence-corrected chi connectivity index (χ1v) is 8.59. The summed E-state index contributed by atoms with van der Waals surface area (Å²) in [5.41, 5.74) is 2.94. The highest BCUT2D eigenvalue weighted by Gasteiger charge is 2.19. The zero-order valence-electron chi connectivity index (χ0n) is 14.7. The summed E-state index contributed by atoms with van der Waals surface area (Å²) in [6.07, 6.45) is 3.06. The Balaban J connectivity index is 1.70. The maximum absolute atomic E-state index is 11.9. The van der Waals surface area contributed by atoms with Crippen molar-refractivity contribution in [1.82, 2.24) is 0 Å². The molecule has 3 aromatic rings. The molecule has 138 valence electrons. The van der Waals surface area contributed by atoms with E-state index in [0.29, 0.717) is 16.9 Å². The van der Waals surface area contributed by atoms with Crippen molar-refractivity contribution in [3.8, 4) is 11.5 Å². The largest absolute Gasteiger partial charge is 0.496 e. The molecular weight excluding hydrogens is 350 g/mol. The molecule has 0 saturated heterocycles. The van der Waals surface area contributed by atoms with E-state index in [2.05, 4.69) is 0 Å². The molecule has 0 fully saturated rings. The lowest BCUT2D eigenvalue weighted by molar-refractivity contribution is -0.386. The minimum Gasteiger partial charge on any atom is -0.496 e. The van der Waals surface area contributed by atoms with Crippen molar-refractivity contribution in [1.29, 1.82) is 0 Å². The average molecular weight is 367 g/mol. The topological polar surface area (TPSA) is 91.8 Å². The van der Waals surface area contributed by atoms with Crippen LogP contribution in [0, 0.1) is 10.1 Å². The first-order valence-electron chi connectivity index (χ1n) is 8.59. The maximum Gasteiger partial charge on any atom is 0.336 e. The van der Waals surface area contributed by atoms with Crippen LogP contribution in [0.5, 0.6) is 11.5 Å². The molecule has 1 aliphatic rings. The molecule has 1 aromatic heterocycles. The number of hydrogen-bond acceptors (Lipinski definition) is 6. The zero-order chi connectivity index (χ0) is 19.0. The molecule has 1 heterocycles. The molecule has 0 aliphatic heterocycles. The summed E-state index contributed by atoms with van der Waals surface area (Å²) < 4.78 is 16.0. The van der Waals surface area contributed by atoms with Crippen LogP contribution in [0.4, 0.5) is 5.69 Å². The lowest BCUT2D eigenvalue weighted by Gasteiger charge is -2.10. The standard InChI is InChI=1S/C20H17NO6/c1-25-15-5-6-18(17(10-15)21(23)24)26-11-14-9-20(22)27-19-8-13-4-2-3-12(13)7-16(14)19/h5-10H,2-4,11H2,1H3. The molecule has 0 atom stereocenters. The lowest BCUT2D eigenvalue weighted by Crippen LogP contribution is -2.05. The van der Waals surface area contributed by atoms with Crippen molar-refractivity contribution in [2.75, 3.05) is 7.11 Å². The number of nitro benzene ring substituents is 1. The van der Waals surface area contributed by atoms with Crippen molar-refractivity contribution in [3.63, 3.8) is 0 Å². The van der Waals surface area contributed by atoms with Gasteiger partial charge >= 0.3 is 11.3 Å². The van der Waals surface area contributed by atoms with Crippen LogP contribution in [0.15, 0.2) is 45.6 Å². The Morgan fingerprint density at radius 1 is 1.15 bits per heavy atom. The summed E-state index contributed by atoms with van der Waals surface area (Å²) in [6, 6.07) is 9.70. The van der Waals surface area contributed by atoms with Gasteiger partial charge in [0.25, 0.3) is 0 Å². The van der Waals surface area contributed by atoms with Crippen LogP contribution < -0.4 is 15.1 Å². The number of nitro groups is 1. The molecular formula is C20H17NO6. The third-order valence-electron chi connectivity index (χ3n) is 4.79. The predicted molar refractivity (Wildman–Crippen MR) is 98.5 cm³/mol. The number of hydrogen-bond donors (Lipinski definition) is 0. The predicted octanol–water partition coefficient (Wildman–Crippen LogP) is 3.78. The van der Waals surface area contributed by atoms with Crippen LogP contribution in [0.2, 0.25) is 0 Å². The molecule has 1 aliphatic carbocycles. The second-order valence-electron chi connectivity index (χ2n) is 6.44. The van der Waals surface area contributed by atoms with Gasteiger partial charge in [-0.3, -0.25) is 10.1 Å². The molecule has 0 spiro atoms. The normalized spacial score (nSPS) is 12.8. The Hall–Kier alpha value is -3.35. The van der Waals surface area contributed by atoms with Crippen molar-refractivity contribution >= 4 is 16.7 Å². The van der Waals surface area contributed by atoms with Gasteiger partial charge in [0.05, 0.1) is 18.1 Å². The van der Waals surface area contributed by atoms with E-state index in [4.69, 9.17) is 13.9 Å². The van der Waals surface area contributed by atoms with E-state index in [0.717, 1.165) is 24.6 Å². The lowest BCUT2D eigenvalue weighted by atomic mass is 10.0. The van der Waals surface area contributed by atoms with Gasteiger partial charge < -0.3 is 13.9 Å². The van der Waals surface area contributed by atoms with Gasteiger partial charge in [0, 0.05) is 17.0 Å². The van der Waals surface area contributed by atoms with Crippen molar-refractivity contribution in [3.05, 3.63) is 73.6 Å². The highest BCUT2D eigenvalue weighted by molar-refractivity contribution is 5.82. The van der Waals surface area contributed by atoms with E-state index < -0.39 is 10.5 Å². The van der Waals surface area contributed by atoms with Gasteiger partial charge in [-0.2, -0.15) is 0 Å². The molecule has 0 amide bonds. The summed E-state index contributed by atoms with van der Waals surface area (Å²) in [5.74, 6) is 0.485. The van der Waals surface area contributed by atoms with Crippen LogP contribution in [-0.4, -0.2) is 12.0 Å². The monoisotopic (exact) mass is 367 g/mol. The Bertz CT molecular complexity index is 1100. The van der Waals surface area contributed by atoms with Gasteiger partial charge in [-0.15, -0.1) is 0 Å². The van der Waals surface area contributed by atoms with E-state index in [1.54, 1.807) is 6.07 Å². The fourth-order valence-electron chi connectivity index (χ4n) is 3.46. The van der Waals surface area contributed by atoms with Gasteiger partial charge in [-0.05, 0) is 54.7 Å². The Morgan fingerprint density at radius 3 is 2.67 bits per heavy atom. The van der Waals surface area contributed by atoms with Gasteiger partial charge in [-0.25, -0.2) is 4.79 Å². The zero-order valence-corrected chi connectivity index (χ0v) is 14.7. The molecule has 0 saturated carbocycles. The molecule has 7 heteroatoms. The third-order valence-corrected chi connectivity index (χ3v) is 4.79. The van der Waals surface area contributed by atoms with Gasteiger partial charge in [0.1, 0.15) is 17.9 Å². The van der Waals surface area contributed by atoms with Crippen molar-refractivity contribution < 1.29 is 18.8 Å². The number of nitrogens with zero attached hydrogens (tertiary/aromatic N) is 1. The minimum atomic E-state index is -0.526. The van der Waals surface area contributed by atoms with Gasteiger partial charge in [-0.1, -0.05) is 0 Å². The summed E-state index contributed by atoms with van der Waals surface area (Å²) >= 11 is 0. The van der Waals surface area contributed by atoms with Crippen LogP contribution in [0.25, 0.3) is 11.0 Å². The fraction of sp³-hybridized carbons (Fsp3) is 0.250. The highest BCUT2D eigenvalue weighted by Crippen LogP contribution is 2.33. The molecule has 27 heavy (non-hydrogen) atoms. The van der Waals surface area contributed by atoms with E-state index in [1.807, 2.05) is 12.1 Å². The van der Waals surface area contributed by atoms with Crippen molar-refractivity contribution in [2.24, 2.45) is 0 Å². The first kappa shape index (κ1) is 17.1. The van der Waals surface area contributed by atoms with E-state index in [9.17, 15) is 14.9 Å². The van der Waals surface area contributed by atoms with Gasteiger partial charge in [0.2, 0.25) is 0 Å². The second-order valence-corrected chi connectivity index (χ2v) is 6.44. The smallest absolute Gasteiger partial charge is 0.336 e. The third kappa shape index (κ3) is 3.23. The van der Waals surface area contributed by atoms with Crippen LogP contribution in [-0.2, 0) is 19.4 Å². The fourth-order valence-corrected chi connectivity index (χ4v) is 3.46. The molecule has 0 unspecified atom stereocenters. The van der Waals surface area contributed by atoms with Crippen LogP contribution in [0.3, 0.4) is 0 Å². The summed E-state index contributed by atoms with van der Waals surface area (Å²) in [6.45, 7) is 0.0219. The first-order chi connectivity index (χ1) is 13.0. The Morgan fingerprint density at radius 2 is 1.93 bits per heavy atom.